The van der Waals surface area contributed by atoms with Gasteiger partial charge in [-0.25, -0.2) is 19.3 Å². The highest BCUT2D eigenvalue weighted by Crippen LogP contribution is 2.12. The van der Waals surface area contributed by atoms with E-state index in [0.29, 0.717) is 17.4 Å². The number of aromatic nitrogens is 4. The topological polar surface area (TPSA) is 81.9 Å². The summed E-state index contributed by atoms with van der Waals surface area (Å²) in [5.74, 6) is 1.37. The number of nitrogens with one attached hydrogen (secondary N) is 1. The minimum Gasteiger partial charge on any atom is -0.484 e. The van der Waals surface area contributed by atoms with Gasteiger partial charge in [0.15, 0.2) is 6.61 Å². The van der Waals surface area contributed by atoms with Gasteiger partial charge in [0.1, 0.15) is 35.4 Å². The minimum atomic E-state index is -0.383. The van der Waals surface area contributed by atoms with Crippen LogP contribution in [0.15, 0.2) is 49.1 Å². The van der Waals surface area contributed by atoms with Crippen LogP contribution < -0.4 is 10.1 Å². The Morgan fingerprint density at radius 2 is 2.04 bits per heavy atom. The molecule has 0 saturated carbocycles. The predicted octanol–water partition coefficient (Wildman–Crippen LogP) is 2.13. The van der Waals surface area contributed by atoms with E-state index in [0.717, 1.165) is 5.82 Å². The van der Waals surface area contributed by atoms with Crippen LogP contribution in [0.25, 0.3) is 5.82 Å². The van der Waals surface area contributed by atoms with E-state index < -0.39 is 0 Å². The third kappa shape index (κ3) is 3.72. The lowest BCUT2D eigenvalue weighted by Gasteiger charge is -2.08. The monoisotopic (exact) mass is 327 g/mol. The van der Waals surface area contributed by atoms with E-state index in [4.69, 9.17) is 4.74 Å². The molecule has 1 amide bonds. The Morgan fingerprint density at radius 3 is 2.75 bits per heavy atom. The molecule has 3 aromatic rings. The number of rotatable bonds is 5. The molecule has 0 fully saturated rings. The van der Waals surface area contributed by atoms with Gasteiger partial charge in [-0.3, -0.25) is 9.36 Å². The summed E-state index contributed by atoms with van der Waals surface area (Å²) in [4.78, 5) is 24.2. The summed E-state index contributed by atoms with van der Waals surface area (Å²) in [6.45, 7) is 1.63. The molecule has 0 saturated heterocycles. The van der Waals surface area contributed by atoms with Gasteiger partial charge in [0.05, 0.1) is 0 Å². The fraction of sp³-hybridized carbons (Fsp3) is 0.125. The first kappa shape index (κ1) is 15.6. The van der Waals surface area contributed by atoms with Crippen molar-refractivity contribution in [2.75, 3.05) is 11.9 Å². The second-order valence-corrected chi connectivity index (χ2v) is 4.90. The third-order valence-corrected chi connectivity index (χ3v) is 3.18. The van der Waals surface area contributed by atoms with Crippen LogP contribution in [0.4, 0.5) is 10.2 Å². The molecular formula is C16H14FN5O2. The van der Waals surface area contributed by atoms with E-state index in [1.807, 2.05) is 6.92 Å². The summed E-state index contributed by atoms with van der Waals surface area (Å²) in [6, 6.07) is 7.06. The number of imidazole rings is 1. The second-order valence-electron chi connectivity index (χ2n) is 4.90. The largest absolute Gasteiger partial charge is 0.484 e. The molecule has 0 aliphatic rings. The molecule has 1 N–H and O–H groups in total. The molecule has 7 nitrogen and oxygen atoms in total. The Labute approximate surface area is 137 Å². The third-order valence-electron chi connectivity index (χ3n) is 3.18. The highest BCUT2D eigenvalue weighted by Gasteiger charge is 2.08. The van der Waals surface area contributed by atoms with Gasteiger partial charge in [-0.15, -0.1) is 0 Å². The normalized spacial score (nSPS) is 10.4. The fourth-order valence-corrected chi connectivity index (χ4v) is 2.03. The molecule has 3 rings (SSSR count). The molecule has 0 spiro atoms. The summed E-state index contributed by atoms with van der Waals surface area (Å²) >= 11 is 0. The van der Waals surface area contributed by atoms with Crippen molar-refractivity contribution in [2.24, 2.45) is 0 Å². The molecule has 0 radical (unpaired) electrons. The zero-order valence-corrected chi connectivity index (χ0v) is 12.8. The van der Waals surface area contributed by atoms with Crippen LogP contribution in [0.1, 0.15) is 5.82 Å². The molecule has 0 aliphatic carbocycles. The highest BCUT2D eigenvalue weighted by atomic mass is 19.1. The predicted molar refractivity (Wildman–Crippen MR) is 84.4 cm³/mol. The van der Waals surface area contributed by atoms with Crippen LogP contribution >= 0.6 is 0 Å². The molecule has 8 heteroatoms. The van der Waals surface area contributed by atoms with E-state index >= 15 is 0 Å². The maximum atomic E-state index is 12.8. The Bertz CT molecular complexity index is 848. The molecule has 2 heterocycles. The maximum Gasteiger partial charge on any atom is 0.263 e. The molecule has 2 aromatic heterocycles. The summed E-state index contributed by atoms with van der Waals surface area (Å²) in [6.07, 6.45) is 4.78. The quantitative estimate of drug-likeness (QED) is 0.776. The van der Waals surface area contributed by atoms with Gasteiger partial charge in [0, 0.05) is 18.5 Å². The minimum absolute atomic E-state index is 0.213. The van der Waals surface area contributed by atoms with Crippen LogP contribution in [0, 0.1) is 12.7 Å². The summed E-state index contributed by atoms with van der Waals surface area (Å²) < 4.78 is 19.8. The number of benzene rings is 1. The SMILES string of the molecule is Cc1nccn1-c1cc(NC(=O)COc2ccc(F)cc2)ncn1. The molecule has 24 heavy (non-hydrogen) atoms. The van der Waals surface area contributed by atoms with Crippen molar-refractivity contribution in [3.8, 4) is 11.6 Å². The molecule has 0 unspecified atom stereocenters. The molecule has 0 atom stereocenters. The van der Waals surface area contributed by atoms with E-state index in [-0.39, 0.29) is 18.3 Å². The number of ether oxygens (including phenoxy) is 1. The van der Waals surface area contributed by atoms with E-state index in [9.17, 15) is 9.18 Å². The van der Waals surface area contributed by atoms with Gasteiger partial charge in [-0.05, 0) is 31.2 Å². The van der Waals surface area contributed by atoms with Crippen LogP contribution in [-0.2, 0) is 4.79 Å². The zero-order chi connectivity index (χ0) is 16.9. The second kappa shape index (κ2) is 6.86. The number of hydrogen-bond donors (Lipinski definition) is 1. The van der Waals surface area contributed by atoms with Gasteiger partial charge in [0.25, 0.3) is 5.91 Å². The number of carbonyl (C=O) groups excluding carboxylic acids is 1. The van der Waals surface area contributed by atoms with Crippen molar-refractivity contribution in [1.29, 1.82) is 0 Å². The Kier molecular flexibility index (Phi) is 4.46. The lowest BCUT2D eigenvalue weighted by Crippen LogP contribution is -2.21. The van der Waals surface area contributed by atoms with Crippen LogP contribution in [-0.4, -0.2) is 32.0 Å². The van der Waals surface area contributed by atoms with Gasteiger partial charge in [0.2, 0.25) is 0 Å². The molecule has 0 bridgehead atoms. The Morgan fingerprint density at radius 1 is 1.25 bits per heavy atom. The number of aryl methyl sites for hydroxylation is 1. The first-order valence-electron chi connectivity index (χ1n) is 7.12. The van der Waals surface area contributed by atoms with Gasteiger partial charge in [-0.1, -0.05) is 0 Å². The first-order valence-corrected chi connectivity index (χ1v) is 7.12. The van der Waals surface area contributed by atoms with Crippen LogP contribution in [0.3, 0.4) is 0 Å². The number of anilines is 1. The Hall–Kier alpha value is -3.29. The van der Waals surface area contributed by atoms with E-state index in [1.54, 1.807) is 23.0 Å². The van der Waals surface area contributed by atoms with Gasteiger partial charge >= 0.3 is 0 Å². The van der Waals surface area contributed by atoms with Gasteiger partial charge in [-0.2, -0.15) is 0 Å². The summed E-state index contributed by atoms with van der Waals surface area (Å²) in [7, 11) is 0. The average Bonchev–Trinajstić information content (AvgIpc) is 3.01. The fourth-order valence-electron chi connectivity index (χ4n) is 2.03. The van der Waals surface area contributed by atoms with Crippen molar-refractivity contribution in [2.45, 2.75) is 6.92 Å². The average molecular weight is 327 g/mol. The standard InChI is InChI=1S/C16H14FN5O2/c1-11-18-6-7-22(11)15-8-14(19-10-20-15)21-16(23)9-24-13-4-2-12(17)3-5-13/h2-8,10H,9H2,1H3,(H,19,20,21,23). The van der Waals surface area contributed by atoms with Crippen molar-refractivity contribution >= 4 is 11.7 Å². The molecule has 1 aromatic carbocycles. The number of carbonyl (C=O) groups is 1. The molecule has 122 valence electrons. The Balaban J connectivity index is 1.62. The first-order chi connectivity index (χ1) is 11.6. The van der Waals surface area contributed by atoms with E-state index in [2.05, 4.69) is 20.3 Å². The maximum absolute atomic E-state index is 12.8. The smallest absolute Gasteiger partial charge is 0.263 e. The molecular weight excluding hydrogens is 313 g/mol. The molecule has 0 aliphatic heterocycles. The number of halogens is 1. The number of nitrogens with zero attached hydrogens (tertiary/aromatic N) is 4. The summed E-state index contributed by atoms with van der Waals surface area (Å²) in [5.41, 5.74) is 0. The van der Waals surface area contributed by atoms with Crippen molar-refractivity contribution < 1.29 is 13.9 Å². The van der Waals surface area contributed by atoms with Crippen molar-refractivity contribution in [3.05, 3.63) is 60.7 Å². The lowest BCUT2D eigenvalue weighted by atomic mass is 10.3. The summed E-state index contributed by atoms with van der Waals surface area (Å²) in [5, 5.41) is 2.62. The number of hydrogen-bond acceptors (Lipinski definition) is 5. The van der Waals surface area contributed by atoms with Crippen molar-refractivity contribution in [1.82, 2.24) is 19.5 Å². The number of amides is 1. The van der Waals surface area contributed by atoms with Crippen LogP contribution in [0.2, 0.25) is 0 Å². The zero-order valence-electron chi connectivity index (χ0n) is 12.8. The highest BCUT2D eigenvalue weighted by molar-refractivity contribution is 5.91. The lowest BCUT2D eigenvalue weighted by molar-refractivity contribution is -0.118. The van der Waals surface area contributed by atoms with Crippen LogP contribution in [0.5, 0.6) is 5.75 Å². The van der Waals surface area contributed by atoms with E-state index in [1.165, 1.54) is 30.6 Å². The van der Waals surface area contributed by atoms with Gasteiger partial charge < -0.3 is 10.1 Å². The van der Waals surface area contributed by atoms with Crippen molar-refractivity contribution in [3.63, 3.8) is 0 Å².